The lowest BCUT2D eigenvalue weighted by molar-refractivity contribution is 0.174. The third-order valence-electron chi connectivity index (χ3n) is 2.08. The molecule has 0 aromatic carbocycles. The molecule has 1 unspecified atom stereocenters. The van der Waals surface area contributed by atoms with Crippen molar-refractivity contribution in [2.24, 2.45) is 0 Å². The first kappa shape index (κ1) is 12.1. The SMILES string of the molecule is Cc1ccc(C(O)CCS(C)(=O)=O)cn1. The largest absolute Gasteiger partial charge is 0.388 e. The van der Waals surface area contributed by atoms with Gasteiger partial charge in [0.05, 0.1) is 11.9 Å². The molecule has 0 amide bonds. The van der Waals surface area contributed by atoms with Crippen LogP contribution < -0.4 is 0 Å². The Bertz CT molecular complexity index is 411. The van der Waals surface area contributed by atoms with Gasteiger partial charge in [-0.3, -0.25) is 4.98 Å². The van der Waals surface area contributed by atoms with E-state index in [4.69, 9.17) is 0 Å². The monoisotopic (exact) mass is 229 g/mol. The Kier molecular flexibility index (Phi) is 3.82. The number of hydrogen-bond acceptors (Lipinski definition) is 4. The number of rotatable bonds is 4. The highest BCUT2D eigenvalue weighted by Crippen LogP contribution is 2.16. The summed E-state index contributed by atoms with van der Waals surface area (Å²) in [4.78, 5) is 4.04. The molecule has 84 valence electrons. The predicted molar refractivity (Wildman–Crippen MR) is 58.3 cm³/mol. The number of aliphatic hydroxyl groups is 1. The predicted octanol–water partition coefficient (Wildman–Crippen LogP) is 0.858. The Labute approximate surface area is 89.9 Å². The summed E-state index contributed by atoms with van der Waals surface area (Å²) in [5.74, 6) is -0.0119. The van der Waals surface area contributed by atoms with Crippen molar-refractivity contribution in [1.29, 1.82) is 0 Å². The van der Waals surface area contributed by atoms with E-state index in [1.807, 2.05) is 6.92 Å². The summed E-state index contributed by atoms with van der Waals surface area (Å²) in [6.07, 6.45) is 2.19. The highest BCUT2D eigenvalue weighted by Gasteiger charge is 2.11. The van der Waals surface area contributed by atoms with Crippen LogP contribution in [0.15, 0.2) is 18.3 Å². The molecule has 0 saturated carbocycles. The summed E-state index contributed by atoms with van der Waals surface area (Å²) >= 11 is 0. The number of aliphatic hydroxyl groups excluding tert-OH is 1. The van der Waals surface area contributed by atoms with Gasteiger partial charge in [-0.25, -0.2) is 8.42 Å². The quantitative estimate of drug-likeness (QED) is 0.831. The molecule has 4 nitrogen and oxygen atoms in total. The van der Waals surface area contributed by atoms with E-state index in [1.54, 1.807) is 18.3 Å². The second-order valence-electron chi connectivity index (χ2n) is 3.67. The topological polar surface area (TPSA) is 67.3 Å². The average Bonchev–Trinajstić information content (AvgIpc) is 2.14. The molecule has 1 aromatic heterocycles. The molecule has 1 atom stereocenters. The molecule has 0 radical (unpaired) electrons. The minimum Gasteiger partial charge on any atom is -0.388 e. The molecule has 0 bridgehead atoms. The van der Waals surface area contributed by atoms with Crippen LogP contribution >= 0.6 is 0 Å². The van der Waals surface area contributed by atoms with E-state index in [1.165, 1.54) is 0 Å². The molecular weight excluding hydrogens is 214 g/mol. The van der Waals surface area contributed by atoms with Crippen molar-refractivity contribution in [3.05, 3.63) is 29.6 Å². The number of aromatic nitrogens is 1. The van der Waals surface area contributed by atoms with Gasteiger partial charge in [-0.1, -0.05) is 6.07 Å². The van der Waals surface area contributed by atoms with Gasteiger partial charge in [-0.05, 0) is 25.0 Å². The maximum Gasteiger partial charge on any atom is 0.147 e. The van der Waals surface area contributed by atoms with Crippen LogP contribution in [0.3, 0.4) is 0 Å². The lowest BCUT2D eigenvalue weighted by Crippen LogP contribution is -2.08. The molecule has 0 aliphatic heterocycles. The van der Waals surface area contributed by atoms with Crippen LogP contribution in [0.1, 0.15) is 23.8 Å². The number of sulfone groups is 1. The Morgan fingerprint density at radius 2 is 2.13 bits per heavy atom. The van der Waals surface area contributed by atoms with Crippen molar-refractivity contribution in [3.63, 3.8) is 0 Å². The van der Waals surface area contributed by atoms with E-state index < -0.39 is 15.9 Å². The number of hydrogen-bond donors (Lipinski definition) is 1. The van der Waals surface area contributed by atoms with E-state index in [2.05, 4.69) is 4.98 Å². The van der Waals surface area contributed by atoms with Crippen molar-refractivity contribution in [1.82, 2.24) is 4.98 Å². The molecule has 0 aliphatic rings. The van der Waals surface area contributed by atoms with Crippen LogP contribution in [0.4, 0.5) is 0 Å². The van der Waals surface area contributed by atoms with Crippen LogP contribution in [0.5, 0.6) is 0 Å². The molecular formula is C10H15NO3S. The lowest BCUT2D eigenvalue weighted by Gasteiger charge is -2.09. The highest BCUT2D eigenvalue weighted by atomic mass is 32.2. The van der Waals surface area contributed by atoms with Gasteiger partial charge >= 0.3 is 0 Å². The molecule has 1 aromatic rings. The van der Waals surface area contributed by atoms with E-state index in [0.29, 0.717) is 5.56 Å². The molecule has 0 fully saturated rings. The standard InChI is InChI=1S/C10H15NO3S/c1-8-3-4-9(7-11-8)10(12)5-6-15(2,13)14/h3-4,7,10,12H,5-6H2,1-2H3. The summed E-state index contributed by atoms with van der Waals surface area (Å²) in [7, 11) is -3.02. The molecule has 5 heteroatoms. The third kappa shape index (κ3) is 4.40. The summed E-state index contributed by atoms with van der Waals surface area (Å²) in [6, 6.07) is 3.55. The molecule has 1 heterocycles. The van der Waals surface area contributed by atoms with Gasteiger partial charge in [0.25, 0.3) is 0 Å². The van der Waals surface area contributed by atoms with Gasteiger partial charge in [-0.2, -0.15) is 0 Å². The van der Waals surface area contributed by atoms with E-state index in [-0.39, 0.29) is 12.2 Å². The zero-order chi connectivity index (χ0) is 11.5. The van der Waals surface area contributed by atoms with Gasteiger partial charge < -0.3 is 5.11 Å². The molecule has 0 spiro atoms. The van der Waals surface area contributed by atoms with Gasteiger partial charge in [-0.15, -0.1) is 0 Å². The fraction of sp³-hybridized carbons (Fsp3) is 0.500. The van der Waals surface area contributed by atoms with Crippen LogP contribution in [0, 0.1) is 6.92 Å². The smallest absolute Gasteiger partial charge is 0.147 e. The van der Waals surface area contributed by atoms with Gasteiger partial charge in [0.2, 0.25) is 0 Å². The summed E-state index contributed by atoms with van der Waals surface area (Å²) in [5.41, 5.74) is 1.53. The average molecular weight is 229 g/mol. The van der Waals surface area contributed by atoms with Gasteiger partial charge in [0.15, 0.2) is 0 Å². The second kappa shape index (κ2) is 4.72. The summed E-state index contributed by atoms with van der Waals surface area (Å²) < 4.78 is 21.8. The Morgan fingerprint density at radius 3 is 2.60 bits per heavy atom. The number of nitrogens with zero attached hydrogens (tertiary/aromatic N) is 1. The molecule has 1 rings (SSSR count). The zero-order valence-corrected chi connectivity index (χ0v) is 9.66. The van der Waals surface area contributed by atoms with Crippen LogP contribution in [0.25, 0.3) is 0 Å². The zero-order valence-electron chi connectivity index (χ0n) is 8.84. The molecule has 15 heavy (non-hydrogen) atoms. The Morgan fingerprint density at radius 1 is 1.47 bits per heavy atom. The number of pyridine rings is 1. The maximum absolute atomic E-state index is 10.9. The fourth-order valence-corrected chi connectivity index (χ4v) is 1.82. The lowest BCUT2D eigenvalue weighted by atomic mass is 10.1. The van der Waals surface area contributed by atoms with E-state index >= 15 is 0 Å². The van der Waals surface area contributed by atoms with E-state index in [0.717, 1.165) is 11.9 Å². The Balaban J connectivity index is 2.61. The first-order chi connectivity index (χ1) is 6.88. The van der Waals surface area contributed by atoms with Crippen molar-refractivity contribution in [3.8, 4) is 0 Å². The Hall–Kier alpha value is -0.940. The fourth-order valence-electron chi connectivity index (χ4n) is 1.17. The minimum absolute atomic E-state index is 0.0119. The number of aryl methyl sites for hydroxylation is 1. The molecule has 0 saturated heterocycles. The van der Waals surface area contributed by atoms with Gasteiger partial charge in [0.1, 0.15) is 9.84 Å². The van der Waals surface area contributed by atoms with Crippen molar-refractivity contribution < 1.29 is 13.5 Å². The first-order valence-electron chi connectivity index (χ1n) is 4.67. The van der Waals surface area contributed by atoms with Crippen molar-refractivity contribution in [2.75, 3.05) is 12.0 Å². The second-order valence-corrected chi connectivity index (χ2v) is 5.93. The summed E-state index contributed by atoms with van der Waals surface area (Å²) in [5, 5.41) is 9.67. The van der Waals surface area contributed by atoms with Crippen molar-refractivity contribution >= 4 is 9.84 Å². The summed E-state index contributed by atoms with van der Waals surface area (Å²) in [6.45, 7) is 1.85. The maximum atomic E-state index is 10.9. The van der Waals surface area contributed by atoms with Crippen LogP contribution in [-0.4, -0.2) is 30.5 Å². The van der Waals surface area contributed by atoms with Crippen LogP contribution in [0.2, 0.25) is 0 Å². The molecule has 0 aliphatic carbocycles. The van der Waals surface area contributed by atoms with E-state index in [9.17, 15) is 13.5 Å². The van der Waals surface area contributed by atoms with Crippen LogP contribution in [-0.2, 0) is 9.84 Å². The first-order valence-corrected chi connectivity index (χ1v) is 6.73. The van der Waals surface area contributed by atoms with Crippen molar-refractivity contribution in [2.45, 2.75) is 19.4 Å². The molecule has 1 N–H and O–H groups in total. The van der Waals surface area contributed by atoms with Gasteiger partial charge in [0, 0.05) is 18.1 Å². The minimum atomic E-state index is -3.02. The highest BCUT2D eigenvalue weighted by molar-refractivity contribution is 7.90. The third-order valence-corrected chi connectivity index (χ3v) is 3.06. The normalized spacial score (nSPS) is 13.8.